The number of carbonyl (C=O) groups excluding carboxylic acids is 1. The zero-order valence-corrected chi connectivity index (χ0v) is 9.52. The summed E-state index contributed by atoms with van der Waals surface area (Å²) in [6.45, 7) is 9.47. The van der Waals surface area contributed by atoms with Crippen LogP contribution < -0.4 is 0 Å². The number of Topliss-reactive ketones (excluding diaryl/α,β-unsaturated/α-hetero) is 1. The van der Waals surface area contributed by atoms with E-state index < -0.39 is 0 Å². The molecule has 0 amide bonds. The molecular weight excluding hydrogens is 196 g/mol. The highest BCUT2D eigenvalue weighted by Gasteiger charge is 2.45. The summed E-state index contributed by atoms with van der Waals surface area (Å²) in [6, 6.07) is 0. The summed E-state index contributed by atoms with van der Waals surface area (Å²) in [5.74, 6) is 1.96. The summed E-state index contributed by atoms with van der Waals surface area (Å²) < 4.78 is 0. The number of hydrogen-bond donors (Lipinski definition) is 0. The van der Waals surface area contributed by atoms with Gasteiger partial charge >= 0.3 is 0 Å². The second kappa shape index (κ2) is 4.09. The van der Waals surface area contributed by atoms with Gasteiger partial charge in [-0.3, -0.25) is 4.79 Å². The standard InChI is InChI=1S/C15H16O/c1-4-6-11(5-2)15(16)12-7-8-13-10(3)14(13)9-12/h4-10,13-14H,1-2H2,3H3/b11-6+. The van der Waals surface area contributed by atoms with Gasteiger partial charge in [0, 0.05) is 11.1 Å². The third kappa shape index (κ3) is 1.73. The number of rotatable bonds is 4. The van der Waals surface area contributed by atoms with Crippen LogP contribution in [-0.4, -0.2) is 5.78 Å². The first kappa shape index (κ1) is 10.9. The third-order valence-electron chi connectivity index (χ3n) is 3.43. The first-order valence-electron chi connectivity index (χ1n) is 5.59. The molecule has 2 aliphatic carbocycles. The minimum absolute atomic E-state index is 0.0451. The van der Waals surface area contributed by atoms with Gasteiger partial charge in [0.1, 0.15) is 0 Å². The molecule has 2 aliphatic rings. The molecule has 0 spiro atoms. The quantitative estimate of drug-likeness (QED) is 0.516. The van der Waals surface area contributed by atoms with Crippen LogP contribution in [-0.2, 0) is 4.79 Å². The van der Waals surface area contributed by atoms with Crippen LogP contribution in [0.3, 0.4) is 0 Å². The van der Waals surface area contributed by atoms with E-state index in [-0.39, 0.29) is 5.78 Å². The summed E-state index contributed by atoms with van der Waals surface area (Å²) in [5.41, 5.74) is 1.40. The molecule has 0 radical (unpaired) electrons. The van der Waals surface area contributed by atoms with Crippen molar-refractivity contribution in [1.29, 1.82) is 0 Å². The lowest BCUT2D eigenvalue weighted by Gasteiger charge is -2.05. The lowest BCUT2D eigenvalue weighted by Crippen LogP contribution is -2.05. The second-order valence-electron chi connectivity index (χ2n) is 4.39. The van der Waals surface area contributed by atoms with Crippen molar-refractivity contribution in [3.63, 3.8) is 0 Å². The maximum Gasteiger partial charge on any atom is 0.192 e. The van der Waals surface area contributed by atoms with Gasteiger partial charge in [0.2, 0.25) is 0 Å². The molecule has 3 unspecified atom stereocenters. The maximum atomic E-state index is 12.1. The van der Waals surface area contributed by atoms with E-state index in [0.29, 0.717) is 23.3 Å². The van der Waals surface area contributed by atoms with Gasteiger partial charge in [-0.2, -0.15) is 0 Å². The summed E-state index contributed by atoms with van der Waals surface area (Å²) in [5, 5.41) is 0. The lowest BCUT2D eigenvalue weighted by molar-refractivity contribution is -0.111. The molecule has 1 nitrogen and oxygen atoms in total. The van der Waals surface area contributed by atoms with Crippen LogP contribution in [0.25, 0.3) is 0 Å². The van der Waals surface area contributed by atoms with Gasteiger partial charge in [0.15, 0.2) is 5.78 Å². The highest BCUT2D eigenvalue weighted by Crippen LogP contribution is 2.50. The van der Waals surface area contributed by atoms with Crippen molar-refractivity contribution in [3.8, 4) is 0 Å². The summed E-state index contributed by atoms with van der Waals surface area (Å²) in [7, 11) is 0. The molecule has 0 aromatic heterocycles. The van der Waals surface area contributed by atoms with Crippen molar-refractivity contribution in [1.82, 2.24) is 0 Å². The van der Waals surface area contributed by atoms with Gasteiger partial charge in [0.05, 0.1) is 0 Å². The zero-order valence-electron chi connectivity index (χ0n) is 9.52. The van der Waals surface area contributed by atoms with Crippen LogP contribution in [0.5, 0.6) is 0 Å². The van der Waals surface area contributed by atoms with E-state index in [4.69, 9.17) is 0 Å². The number of allylic oxidation sites excluding steroid dienone is 8. The third-order valence-corrected chi connectivity index (χ3v) is 3.43. The largest absolute Gasteiger partial charge is 0.289 e. The summed E-state index contributed by atoms with van der Waals surface area (Å²) in [6.07, 6.45) is 11.1. The molecule has 82 valence electrons. The molecule has 0 aromatic carbocycles. The molecular formula is C15H16O. The fourth-order valence-corrected chi connectivity index (χ4v) is 2.25. The zero-order chi connectivity index (χ0) is 11.7. The molecule has 1 saturated carbocycles. The molecule has 0 saturated heterocycles. The molecule has 1 heteroatoms. The molecule has 0 heterocycles. The minimum Gasteiger partial charge on any atom is -0.289 e. The number of hydrogen-bond acceptors (Lipinski definition) is 1. The summed E-state index contributed by atoms with van der Waals surface area (Å²) >= 11 is 0. The average molecular weight is 212 g/mol. The Balaban J connectivity index is 2.20. The van der Waals surface area contributed by atoms with Crippen LogP contribution in [0.15, 0.2) is 60.8 Å². The first-order chi connectivity index (χ1) is 7.69. The first-order valence-corrected chi connectivity index (χ1v) is 5.59. The Bertz CT molecular complexity index is 434. The van der Waals surface area contributed by atoms with Gasteiger partial charge in [-0.25, -0.2) is 0 Å². The van der Waals surface area contributed by atoms with Crippen molar-refractivity contribution in [3.05, 3.63) is 60.8 Å². The predicted octanol–water partition coefficient (Wildman–Crippen LogP) is 3.23. The van der Waals surface area contributed by atoms with Crippen molar-refractivity contribution in [2.75, 3.05) is 0 Å². The van der Waals surface area contributed by atoms with Crippen LogP contribution >= 0.6 is 0 Å². The van der Waals surface area contributed by atoms with Crippen LogP contribution in [0, 0.1) is 17.8 Å². The number of fused-ring (bicyclic) bond motifs is 1. The molecule has 0 aromatic rings. The van der Waals surface area contributed by atoms with E-state index in [1.165, 1.54) is 0 Å². The fraction of sp³-hybridized carbons (Fsp3) is 0.267. The number of ketones is 1. The van der Waals surface area contributed by atoms with Gasteiger partial charge in [-0.15, -0.1) is 0 Å². The Labute approximate surface area is 96.6 Å². The smallest absolute Gasteiger partial charge is 0.192 e. The normalized spacial score (nSPS) is 31.4. The highest BCUT2D eigenvalue weighted by atomic mass is 16.1. The molecule has 16 heavy (non-hydrogen) atoms. The Hall–Kier alpha value is -1.63. The molecule has 0 N–H and O–H groups in total. The van der Waals surface area contributed by atoms with Crippen molar-refractivity contribution < 1.29 is 4.79 Å². The van der Waals surface area contributed by atoms with Crippen molar-refractivity contribution in [2.24, 2.45) is 17.8 Å². The molecule has 3 atom stereocenters. The maximum absolute atomic E-state index is 12.1. The van der Waals surface area contributed by atoms with Crippen LogP contribution in [0.1, 0.15) is 6.92 Å². The van der Waals surface area contributed by atoms with Gasteiger partial charge in [0.25, 0.3) is 0 Å². The Kier molecular flexibility index (Phi) is 2.78. The predicted molar refractivity (Wildman–Crippen MR) is 66.9 cm³/mol. The van der Waals surface area contributed by atoms with E-state index in [2.05, 4.69) is 32.2 Å². The van der Waals surface area contributed by atoms with Crippen LogP contribution in [0.4, 0.5) is 0 Å². The van der Waals surface area contributed by atoms with Crippen LogP contribution in [0.2, 0.25) is 0 Å². The highest BCUT2D eigenvalue weighted by molar-refractivity contribution is 6.12. The molecule has 0 bridgehead atoms. The van der Waals surface area contributed by atoms with Crippen molar-refractivity contribution >= 4 is 5.78 Å². The van der Waals surface area contributed by atoms with E-state index in [9.17, 15) is 4.79 Å². The fourth-order valence-electron chi connectivity index (χ4n) is 2.25. The van der Waals surface area contributed by atoms with Gasteiger partial charge in [-0.1, -0.05) is 56.5 Å². The average Bonchev–Trinajstić information content (AvgIpc) is 2.96. The van der Waals surface area contributed by atoms with E-state index in [1.54, 1.807) is 18.2 Å². The van der Waals surface area contributed by atoms with Gasteiger partial charge < -0.3 is 0 Å². The minimum atomic E-state index is 0.0451. The Morgan fingerprint density at radius 3 is 2.69 bits per heavy atom. The SMILES string of the molecule is C=C/C=C(\C=C)C(=O)C1=CC2C(C)C2C=C1. The molecule has 1 fully saturated rings. The van der Waals surface area contributed by atoms with E-state index in [1.807, 2.05) is 6.08 Å². The molecule has 2 rings (SSSR count). The van der Waals surface area contributed by atoms with Crippen molar-refractivity contribution in [2.45, 2.75) is 6.92 Å². The topological polar surface area (TPSA) is 17.1 Å². The Morgan fingerprint density at radius 2 is 2.12 bits per heavy atom. The number of carbonyl (C=O) groups is 1. The second-order valence-corrected chi connectivity index (χ2v) is 4.39. The monoisotopic (exact) mass is 212 g/mol. The van der Waals surface area contributed by atoms with E-state index in [0.717, 1.165) is 5.57 Å². The molecule has 0 aliphatic heterocycles. The summed E-state index contributed by atoms with van der Waals surface area (Å²) in [4.78, 5) is 12.1. The lowest BCUT2D eigenvalue weighted by atomic mass is 9.98. The Morgan fingerprint density at radius 1 is 1.38 bits per heavy atom. The van der Waals surface area contributed by atoms with E-state index >= 15 is 0 Å². The van der Waals surface area contributed by atoms with Gasteiger partial charge in [-0.05, 0) is 17.8 Å².